The van der Waals surface area contributed by atoms with Gasteiger partial charge in [-0.15, -0.1) is 0 Å². The van der Waals surface area contributed by atoms with Crippen LogP contribution in [0.2, 0.25) is 5.02 Å². The van der Waals surface area contributed by atoms with Gasteiger partial charge in [-0.25, -0.2) is 0 Å². The predicted octanol–water partition coefficient (Wildman–Crippen LogP) is 4.24. The maximum absolute atomic E-state index is 12.9. The molecule has 1 unspecified atom stereocenters. The molecule has 1 N–H and O–H groups in total. The van der Waals surface area contributed by atoms with Gasteiger partial charge in [0.05, 0.1) is 0 Å². The number of ether oxygens (including phenoxy) is 1. The van der Waals surface area contributed by atoms with Crippen LogP contribution in [0.25, 0.3) is 0 Å². The van der Waals surface area contributed by atoms with Gasteiger partial charge in [0.15, 0.2) is 0 Å². The molecule has 4 rings (SSSR count). The summed E-state index contributed by atoms with van der Waals surface area (Å²) in [5.74, 6) is 0.913. The Hall–Kier alpha value is -1.63. The number of piperazine rings is 1. The third-order valence-electron chi connectivity index (χ3n) is 7.35. The van der Waals surface area contributed by atoms with Gasteiger partial charge in [0, 0.05) is 68.5 Å². The number of nitrogens with zero attached hydrogens (tertiary/aromatic N) is 2. The third kappa shape index (κ3) is 5.64. The fourth-order valence-electron chi connectivity index (χ4n) is 5.39. The molecule has 6 nitrogen and oxygen atoms in total. The first-order valence-corrected chi connectivity index (χ1v) is 12.5. The molecule has 2 amide bonds. The monoisotopic (exact) mass is 461 g/mol. The number of benzene rings is 1. The molecule has 2 heterocycles. The van der Waals surface area contributed by atoms with Crippen LogP contribution >= 0.6 is 11.6 Å². The SMILES string of the molecule is Cc1c(CN2CCN(C(=O)C3CCCC3)[C@@H](C)C2)cc(Cl)cc1NC(=O)CC1CCOC1. The number of halogens is 1. The summed E-state index contributed by atoms with van der Waals surface area (Å²) in [5, 5.41) is 3.70. The van der Waals surface area contributed by atoms with E-state index in [0.717, 1.165) is 68.9 Å². The number of hydrogen-bond donors (Lipinski definition) is 1. The highest BCUT2D eigenvalue weighted by Gasteiger charge is 2.33. The molecule has 2 aliphatic heterocycles. The molecule has 176 valence electrons. The summed E-state index contributed by atoms with van der Waals surface area (Å²) < 4.78 is 5.38. The van der Waals surface area contributed by atoms with Crippen molar-refractivity contribution in [3.8, 4) is 0 Å². The molecule has 7 heteroatoms. The molecule has 1 aromatic carbocycles. The van der Waals surface area contributed by atoms with Crippen LogP contribution < -0.4 is 5.32 Å². The third-order valence-corrected chi connectivity index (χ3v) is 7.56. The first-order chi connectivity index (χ1) is 15.4. The van der Waals surface area contributed by atoms with Crippen molar-refractivity contribution in [3.05, 3.63) is 28.3 Å². The van der Waals surface area contributed by atoms with Crippen LogP contribution in [0.3, 0.4) is 0 Å². The number of rotatable bonds is 6. The second-order valence-corrected chi connectivity index (χ2v) is 10.3. The van der Waals surface area contributed by atoms with E-state index in [1.807, 2.05) is 19.1 Å². The van der Waals surface area contributed by atoms with Crippen LogP contribution in [-0.2, 0) is 20.9 Å². The molecular formula is C25H36ClN3O3. The highest BCUT2D eigenvalue weighted by molar-refractivity contribution is 6.31. The topological polar surface area (TPSA) is 61.9 Å². The van der Waals surface area contributed by atoms with Crippen molar-refractivity contribution < 1.29 is 14.3 Å². The van der Waals surface area contributed by atoms with E-state index in [-0.39, 0.29) is 17.9 Å². The lowest BCUT2D eigenvalue weighted by Crippen LogP contribution is -2.54. The average molecular weight is 462 g/mol. The summed E-state index contributed by atoms with van der Waals surface area (Å²) in [6, 6.07) is 4.05. The van der Waals surface area contributed by atoms with E-state index in [9.17, 15) is 9.59 Å². The van der Waals surface area contributed by atoms with Crippen LogP contribution in [0.1, 0.15) is 56.6 Å². The molecule has 32 heavy (non-hydrogen) atoms. The summed E-state index contributed by atoms with van der Waals surface area (Å²) in [5.41, 5.74) is 2.97. The van der Waals surface area contributed by atoms with Crippen LogP contribution in [0.4, 0.5) is 5.69 Å². The number of carbonyl (C=O) groups is 2. The summed E-state index contributed by atoms with van der Waals surface area (Å²) in [6.07, 6.45) is 5.90. The first kappa shape index (κ1) is 23.5. The molecule has 0 bridgehead atoms. The minimum absolute atomic E-state index is 0.0180. The van der Waals surface area contributed by atoms with Gasteiger partial charge in [-0.2, -0.15) is 0 Å². The van der Waals surface area contributed by atoms with Crippen LogP contribution in [-0.4, -0.2) is 60.5 Å². The van der Waals surface area contributed by atoms with Gasteiger partial charge in [0.2, 0.25) is 11.8 Å². The molecule has 0 radical (unpaired) electrons. The predicted molar refractivity (Wildman–Crippen MR) is 127 cm³/mol. The highest BCUT2D eigenvalue weighted by atomic mass is 35.5. The van der Waals surface area contributed by atoms with E-state index in [4.69, 9.17) is 16.3 Å². The number of amides is 2. The van der Waals surface area contributed by atoms with Crippen molar-refractivity contribution in [1.29, 1.82) is 0 Å². The molecule has 3 fully saturated rings. The molecule has 1 aliphatic carbocycles. The zero-order valence-corrected chi connectivity index (χ0v) is 20.1. The summed E-state index contributed by atoms with van der Waals surface area (Å²) >= 11 is 6.42. The standard InChI is InChI=1S/C25H36ClN3O3/c1-17-14-28(8-9-29(17)25(31)20-5-3-4-6-20)15-21-12-22(26)13-23(18(21)2)27-24(30)11-19-7-10-32-16-19/h12-13,17,19-20H,3-11,14-16H2,1-2H3,(H,27,30)/t17-,19?/m0/s1. The molecule has 0 spiro atoms. The average Bonchev–Trinajstić information content (AvgIpc) is 3.45. The van der Waals surface area contributed by atoms with Crippen molar-refractivity contribution >= 4 is 29.1 Å². The smallest absolute Gasteiger partial charge is 0.226 e. The summed E-state index contributed by atoms with van der Waals surface area (Å²) in [4.78, 5) is 29.9. The van der Waals surface area contributed by atoms with Crippen molar-refractivity contribution in [2.45, 2.75) is 65.0 Å². The van der Waals surface area contributed by atoms with Crippen molar-refractivity contribution in [2.24, 2.45) is 11.8 Å². The first-order valence-electron chi connectivity index (χ1n) is 12.1. The van der Waals surface area contributed by atoms with E-state index >= 15 is 0 Å². The zero-order valence-electron chi connectivity index (χ0n) is 19.4. The lowest BCUT2D eigenvalue weighted by molar-refractivity contribution is -0.140. The Bertz CT molecular complexity index is 834. The second-order valence-electron chi connectivity index (χ2n) is 9.82. The lowest BCUT2D eigenvalue weighted by Gasteiger charge is -2.41. The minimum Gasteiger partial charge on any atom is -0.381 e. The summed E-state index contributed by atoms with van der Waals surface area (Å²) in [6.45, 7) is 8.87. The fraction of sp³-hybridized carbons (Fsp3) is 0.680. The molecule has 1 aromatic rings. The Morgan fingerprint density at radius 2 is 1.97 bits per heavy atom. The Morgan fingerprint density at radius 1 is 1.19 bits per heavy atom. The van der Waals surface area contributed by atoms with Gasteiger partial charge in [0.25, 0.3) is 0 Å². The Balaban J connectivity index is 1.36. The van der Waals surface area contributed by atoms with Gasteiger partial charge in [-0.1, -0.05) is 24.4 Å². The van der Waals surface area contributed by atoms with E-state index < -0.39 is 0 Å². The quantitative estimate of drug-likeness (QED) is 0.688. The minimum atomic E-state index is 0.0180. The van der Waals surface area contributed by atoms with Gasteiger partial charge in [-0.3, -0.25) is 14.5 Å². The number of anilines is 1. The lowest BCUT2D eigenvalue weighted by atomic mass is 10.0. The molecule has 1 saturated carbocycles. The zero-order chi connectivity index (χ0) is 22.7. The Morgan fingerprint density at radius 3 is 2.66 bits per heavy atom. The molecule has 3 aliphatic rings. The Labute approximate surface area is 196 Å². The van der Waals surface area contributed by atoms with Crippen LogP contribution in [0.15, 0.2) is 12.1 Å². The van der Waals surface area contributed by atoms with Gasteiger partial charge in [-0.05, 0) is 62.3 Å². The van der Waals surface area contributed by atoms with Gasteiger partial charge < -0.3 is 15.0 Å². The molecule has 0 aromatic heterocycles. The Kier molecular flexibility index (Phi) is 7.74. The normalized spacial score (nSPS) is 24.8. The molecule has 2 saturated heterocycles. The molecule has 2 atom stereocenters. The van der Waals surface area contributed by atoms with E-state index in [1.165, 1.54) is 12.8 Å². The van der Waals surface area contributed by atoms with Crippen molar-refractivity contribution in [2.75, 3.05) is 38.2 Å². The van der Waals surface area contributed by atoms with Crippen molar-refractivity contribution in [3.63, 3.8) is 0 Å². The number of hydrogen-bond acceptors (Lipinski definition) is 4. The van der Waals surface area contributed by atoms with E-state index in [2.05, 4.69) is 22.0 Å². The number of nitrogens with one attached hydrogen (secondary N) is 1. The maximum Gasteiger partial charge on any atom is 0.226 e. The van der Waals surface area contributed by atoms with Crippen LogP contribution in [0, 0.1) is 18.8 Å². The van der Waals surface area contributed by atoms with Crippen molar-refractivity contribution in [1.82, 2.24) is 9.80 Å². The molecular weight excluding hydrogens is 426 g/mol. The number of carbonyl (C=O) groups excluding carboxylic acids is 2. The van der Waals surface area contributed by atoms with Gasteiger partial charge >= 0.3 is 0 Å². The summed E-state index contributed by atoms with van der Waals surface area (Å²) in [7, 11) is 0. The van der Waals surface area contributed by atoms with E-state index in [0.29, 0.717) is 29.9 Å². The second kappa shape index (κ2) is 10.5. The largest absolute Gasteiger partial charge is 0.381 e. The highest BCUT2D eigenvalue weighted by Crippen LogP contribution is 2.30. The van der Waals surface area contributed by atoms with E-state index in [1.54, 1.807) is 0 Å². The van der Waals surface area contributed by atoms with Crippen LogP contribution in [0.5, 0.6) is 0 Å². The maximum atomic E-state index is 12.9. The van der Waals surface area contributed by atoms with Gasteiger partial charge in [0.1, 0.15) is 0 Å². The fourth-order valence-corrected chi connectivity index (χ4v) is 5.63.